The van der Waals surface area contributed by atoms with Gasteiger partial charge in [-0.2, -0.15) is 22.8 Å². The molecule has 0 radical (unpaired) electrons. The Bertz CT molecular complexity index is 647. The highest BCUT2D eigenvalue weighted by Gasteiger charge is 2.30. The Morgan fingerprint density at radius 3 is 2.36 bits per heavy atom. The largest absolute Gasteiger partial charge is 0.416 e. The van der Waals surface area contributed by atoms with Crippen LogP contribution >= 0.6 is 0 Å². The molecule has 0 heterocycles. The number of rotatable bonds is 5. The van der Waals surface area contributed by atoms with E-state index in [-0.39, 0.29) is 6.10 Å². The van der Waals surface area contributed by atoms with Gasteiger partial charge in [-0.15, -0.1) is 0 Å². The van der Waals surface area contributed by atoms with Crippen LogP contribution in [0.2, 0.25) is 0 Å². The van der Waals surface area contributed by atoms with Crippen LogP contribution in [0.15, 0.2) is 48.3 Å². The molecule has 6 heteroatoms. The molecule has 1 aromatic carbocycles. The van der Waals surface area contributed by atoms with Crippen molar-refractivity contribution in [3.63, 3.8) is 0 Å². The van der Waals surface area contributed by atoms with Crippen LogP contribution in [0.4, 0.5) is 17.6 Å². The second kappa shape index (κ2) is 8.82. The molecule has 0 bridgehead atoms. The van der Waals surface area contributed by atoms with Crippen molar-refractivity contribution in [2.24, 2.45) is 5.92 Å². The summed E-state index contributed by atoms with van der Waals surface area (Å²) in [6.07, 6.45) is 3.85. The Balaban J connectivity index is 1.74. The SMILES string of the molecule is N#CC(F)=CC=C[C@H]1CC[C@H](OCc2ccc(C(F)(F)F)cc2)CC1. The number of halogens is 4. The molecule has 0 unspecified atom stereocenters. The molecule has 1 aromatic rings. The van der Waals surface area contributed by atoms with E-state index >= 15 is 0 Å². The molecular weight excluding hydrogens is 334 g/mol. The maximum Gasteiger partial charge on any atom is 0.416 e. The third-order valence-corrected chi connectivity index (χ3v) is 4.22. The fourth-order valence-corrected chi connectivity index (χ4v) is 2.79. The third-order valence-electron chi connectivity index (χ3n) is 4.22. The van der Waals surface area contributed by atoms with Crippen molar-refractivity contribution in [2.75, 3.05) is 0 Å². The van der Waals surface area contributed by atoms with E-state index in [1.165, 1.54) is 18.2 Å². The van der Waals surface area contributed by atoms with Crippen LogP contribution in [0.5, 0.6) is 0 Å². The van der Waals surface area contributed by atoms with Crippen molar-refractivity contribution in [1.82, 2.24) is 0 Å². The van der Waals surface area contributed by atoms with Gasteiger partial charge >= 0.3 is 6.18 Å². The summed E-state index contributed by atoms with van der Waals surface area (Å²) in [5.74, 6) is -0.488. The molecule has 0 amide bonds. The molecule has 0 aliphatic heterocycles. The first kappa shape index (κ1) is 19.2. The van der Waals surface area contributed by atoms with Crippen LogP contribution in [0, 0.1) is 17.2 Å². The van der Waals surface area contributed by atoms with Gasteiger partial charge in [0.25, 0.3) is 0 Å². The summed E-state index contributed by atoms with van der Waals surface area (Å²) in [7, 11) is 0. The lowest BCUT2D eigenvalue weighted by atomic mass is 9.87. The van der Waals surface area contributed by atoms with Crippen molar-refractivity contribution in [1.29, 1.82) is 5.26 Å². The van der Waals surface area contributed by atoms with E-state index in [0.29, 0.717) is 18.1 Å². The van der Waals surface area contributed by atoms with Crippen LogP contribution in [0.3, 0.4) is 0 Å². The Labute approximate surface area is 144 Å². The Kier molecular flexibility index (Phi) is 6.77. The molecule has 2 rings (SSSR count). The summed E-state index contributed by atoms with van der Waals surface area (Å²) in [5, 5.41) is 8.32. The van der Waals surface area contributed by atoms with Gasteiger partial charge in [-0.25, -0.2) is 0 Å². The Morgan fingerprint density at radius 1 is 1.16 bits per heavy atom. The van der Waals surface area contributed by atoms with Crippen LogP contribution in [0.1, 0.15) is 36.8 Å². The average Bonchev–Trinajstić information content (AvgIpc) is 2.60. The average molecular weight is 353 g/mol. The van der Waals surface area contributed by atoms with E-state index < -0.39 is 17.6 Å². The van der Waals surface area contributed by atoms with E-state index in [1.807, 2.05) is 6.08 Å². The monoisotopic (exact) mass is 353 g/mol. The molecular formula is C19H19F4NO. The van der Waals surface area contributed by atoms with E-state index in [4.69, 9.17) is 10.00 Å². The van der Waals surface area contributed by atoms with E-state index in [9.17, 15) is 17.6 Å². The van der Waals surface area contributed by atoms with Crippen LogP contribution in [0.25, 0.3) is 0 Å². The Morgan fingerprint density at radius 2 is 1.80 bits per heavy atom. The van der Waals surface area contributed by atoms with Crippen LogP contribution in [-0.4, -0.2) is 6.10 Å². The molecule has 1 aliphatic carbocycles. The summed E-state index contributed by atoms with van der Waals surface area (Å²) in [4.78, 5) is 0. The highest BCUT2D eigenvalue weighted by Crippen LogP contribution is 2.30. The summed E-state index contributed by atoms with van der Waals surface area (Å²) in [6, 6.07) is 6.42. The molecule has 1 fully saturated rings. The van der Waals surface area contributed by atoms with Crippen molar-refractivity contribution in [3.8, 4) is 6.07 Å². The standard InChI is InChI=1S/C19H19F4NO/c20-17(12-24)3-1-2-14-6-10-18(11-7-14)25-13-15-4-8-16(9-5-15)19(21,22)23/h1-5,8-9,14,18H,6-7,10-11,13H2/t14-,18-. The van der Waals surface area contributed by atoms with Gasteiger partial charge in [-0.3, -0.25) is 0 Å². The zero-order valence-corrected chi connectivity index (χ0v) is 13.6. The van der Waals surface area contributed by atoms with Gasteiger partial charge in [-0.1, -0.05) is 24.3 Å². The fourth-order valence-electron chi connectivity index (χ4n) is 2.79. The van der Waals surface area contributed by atoms with Crippen molar-refractivity contribution in [3.05, 3.63) is 59.4 Å². The second-order valence-corrected chi connectivity index (χ2v) is 6.05. The predicted octanol–water partition coefficient (Wildman–Crippen LogP) is 5.71. The number of nitrogens with zero attached hydrogens (tertiary/aromatic N) is 1. The van der Waals surface area contributed by atoms with Gasteiger partial charge < -0.3 is 4.74 Å². The summed E-state index contributed by atoms with van der Waals surface area (Å²) in [5.41, 5.74) is 0.0533. The van der Waals surface area contributed by atoms with Gasteiger partial charge in [0.05, 0.1) is 18.3 Å². The van der Waals surface area contributed by atoms with E-state index in [2.05, 4.69) is 0 Å². The first-order valence-electron chi connectivity index (χ1n) is 8.10. The zero-order chi connectivity index (χ0) is 18.3. The maximum atomic E-state index is 12.7. The number of allylic oxidation sites excluding steroid dienone is 4. The minimum Gasteiger partial charge on any atom is -0.374 e. The van der Waals surface area contributed by atoms with Crippen molar-refractivity contribution < 1.29 is 22.3 Å². The lowest BCUT2D eigenvalue weighted by Crippen LogP contribution is -2.20. The smallest absolute Gasteiger partial charge is 0.374 e. The van der Waals surface area contributed by atoms with Crippen molar-refractivity contribution in [2.45, 2.75) is 44.6 Å². The molecule has 0 atom stereocenters. The number of alkyl halides is 3. The summed E-state index contributed by atoms with van der Waals surface area (Å²) < 4.78 is 56.0. The van der Waals surface area contributed by atoms with E-state index in [1.54, 1.807) is 6.08 Å². The number of ether oxygens (including phenoxy) is 1. The quantitative estimate of drug-likeness (QED) is 0.386. The van der Waals surface area contributed by atoms with Crippen LogP contribution in [-0.2, 0) is 17.5 Å². The van der Waals surface area contributed by atoms with Gasteiger partial charge in [0.15, 0.2) is 5.83 Å². The van der Waals surface area contributed by atoms with Gasteiger partial charge in [-0.05, 0) is 55.4 Å². The molecule has 2 nitrogen and oxygen atoms in total. The lowest BCUT2D eigenvalue weighted by Gasteiger charge is -2.26. The molecule has 134 valence electrons. The molecule has 0 aromatic heterocycles. The predicted molar refractivity (Wildman–Crippen MR) is 85.9 cm³/mol. The molecule has 1 aliphatic rings. The molecule has 0 N–H and O–H groups in total. The third kappa shape index (κ3) is 6.35. The van der Waals surface area contributed by atoms with Gasteiger partial charge in [0, 0.05) is 0 Å². The molecule has 0 saturated heterocycles. The number of benzene rings is 1. The van der Waals surface area contributed by atoms with Crippen LogP contribution < -0.4 is 0 Å². The minimum absolute atomic E-state index is 0.0818. The van der Waals surface area contributed by atoms with Crippen molar-refractivity contribution >= 4 is 0 Å². The van der Waals surface area contributed by atoms with Gasteiger partial charge in [0.1, 0.15) is 6.07 Å². The second-order valence-electron chi connectivity index (χ2n) is 6.05. The maximum absolute atomic E-state index is 12.7. The first-order chi connectivity index (χ1) is 11.9. The number of hydrogen-bond acceptors (Lipinski definition) is 2. The van der Waals surface area contributed by atoms with E-state index in [0.717, 1.165) is 43.9 Å². The Hall–Kier alpha value is -2.13. The summed E-state index contributed by atoms with van der Waals surface area (Å²) >= 11 is 0. The number of nitriles is 1. The summed E-state index contributed by atoms with van der Waals surface area (Å²) in [6.45, 7) is 0.291. The molecule has 25 heavy (non-hydrogen) atoms. The highest BCUT2D eigenvalue weighted by molar-refractivity contribution is 5.24. The minimum atomic E-state index is -4.32. The lowest BCUT2D eigenvalue weighted by molar-refractivity contribution is -0.137. The number of hydrogen-bond donors (Lipinski definition) is 0. The topological polar surface area (TPSA) is 33.0 Å². The first-order valence-corrected chi connectivity index (χ1v) is 8.10. The normalized spacial score (nSPS) is 22.1. The van der Waals surface area contributed by atoms with Gasteiger partial charge in [0.2, 0.25) is 0 Å². The highest BCUT2D eigenvalue weighted by atomic mass is 19.4. The molecule has 0 spiro atoms. The zero-order valence-electron chi connectivity index (χ0n) is 13.6. The fraction of sp³-hybridized carbons (Fsp3) is 0.421. The molecule has 1 saturated carbocycles.